The van der Waals surface area contributed by atoms with Crippen molar-refractivity contribution in [2.75, 3.05) is 5.32 Å². The molecule has 1 heterocycles. The summed E-state index contributed by atoms with van der Waals surface area (Å²) in [6.45, 7) is 1.74. The lowest BCUT2D eigenvalue weighted by Gasteiger charge is -2.11. The van der Waals surface area contributed by atoms with Gasteiger partial charge < -0.3 is 11.1 Å². The van der Waals surface area contributed by atoms with E-state index in [0.717, 1.165) is 4.90 Å². The normalized spacial score (nSPS) is 11.9. The molecule has 0 saturated carbocycles. The van der Waals surface area contributed by atoms with E-state index in [-0.39, 0.29) is 11.7 Å². The predicted octanol–water partition coefficient (Wildman–Crippen LogP) is 3.11. The van der Waals surface area contributed by atoms with Crippen LogP contribution in [0.5, 0.6) is 0 Å². The zero-order chi connectivity index (χ0) is 15.4. The number of hydrogen-bond donors (Lipinski definition) is 2. The number of amides is 2. The van der Waals surface area contributed by atoms with Gasteiger partial charge in [0.05, 0.1) is 10.8 Å². The summed E-state index contributed by atoms with van der Waals surface area (Å²) in [6, 6.07) is 7.49. The molecule has 0 aliphatic carbocycles. The number of hydrogen-bond acceptors (Lipinski definition) is 4. The summed E-state index contributed by atoms with van der Waals surface area (Å²) < 4.78 is 12.8. The Hall–Kier alpha value is -1.86. The van der Waals surface area contributed by atoms with E-state index in [9.17, 15) is 14.0 Å². The first-order valence-electron chi connectivity index (χ1n) is 6.07. The van der Waals surface area contributed by atoms with Crippen molar-refractivity contribution in [3.63, 3.8) is 0 Å². The topological polar surface area (TPSA) is 72.2 Å². The second-order valence-electron chi connectivity index (χ2n) is 4.23. The molecule has 0 saturated heterocycles. The lowest BCUT2D eigenvalue weighted by molar-refractivity contribution is -0.115. The Balaban J connectivity index is 2.01. The molecule has 4 nitrogen and oxygen atoms in total. The van der Waals surface area contributed by atoms with E-state index in [4.69, 9.17) is 5.73 Å². The number of nitrogens with two attached hydrogens (primary N) is 1. The van der Waals surface area contributed by atoms with Crippen molar-refractivity contribution in [1.29, 1.82) is 0 Å². The van der Waals surface area contributed by atoms with Gasteiger partial charge in [-0.05, 0) is 42.6 Å². The Kier molecular flexibility index (Phi) is 4.98. The van der Waals surface area contributed by atoms with Gasteiger partial charge in [0.1, 0.15) is 10.8 Å². The monoisotopic (exact) mass is 324 g/mol. The van der Waals surface area contributed by atoms with Crippen LogP contribution < -0.4 is 11.1 Å². The molecule has 1 atom stereocenters. The standard InChI is InChI=1S/C14H13FN2O2S2/c1-8(21-10-4-2-9(15)3-5-10)13(19)17-14-11(12(16)18)6-7-20-14/h2-8H,1H3,(H2,16,18)(H,17,19). The van der Waals surface area contributed by atoms with Gasteiger partial charge in [-0.25, -0.2) is 4.39 Å². The average molecular weight is 324 g/mol. The first kappa shape index (κ1) is 15.5. The molecule has 0 spiro atoms. The smallest absolute Gasteiger partial charge is 0.251 e. The molecule has 1 aromatic heterocycles. The van der Waals surface area contributed by atoms with Gasteiger partial charge in [0.2, 0.25) is 5.91 Å². The predicted molar refractivity (Wildman–Crippen MR) is 83.2 cm³/mol. The summed E-state index contributed by atoms with van der Waals surface area (Å²) >= 11 is 2.55. The van der Waals surface area contributed by atoms with Gasteiger partial charge in [0.25, 0.3) is 5.91 Å². The van der Waals surface area contributed by atoms with Crippen LogP contribution in [-0.4, -0.2) is 17.1 Å². The average Bonchev–Trinajstić information content (AvgIpc) is 2.89. The zero-order valence-electron chi connectivity index (χ0n) is 11.1. The second-order valence-corrected chi connectivity index (χ2v) is 6.56. The summed E-state index contributed by atoms with van der Waals surface area (Å²) in [5.41, 5.74) is 5.52. The number of primary amides is 1. The first-order chi connectivity index (χ1) is 9.97. The number of nitrogens with one attached hydrogen (secondary N) is 1. The highest BCUT2D eigenvalue weighted by Gasteiger charge is 2.18. The van der Waals surface area contributed by atoms with Gasteiger partial charge in [-0.1, -0.05) is 0 Å². The van der Waals surface area contributed by atoms with Crippen LogP contribution in [0.4, 0.5) is 9.39 Å². The largest absolute Gasteiger partial charge is 0.366 e. The molecule has 0 radical (unpaired) electrons. The van der Waals surface area contributed by atoms with E-state index in [2.05, 4.69) is 5.32 Å². The van der Waals surface area contributed by atoms with Crippen molar-refractivity contribution in [2.24, 2.45) is 5.73 Å². The molecule has 110 valence electrons. The van der Waals surface area contributed by atoms with E-state index in [1.54, 1.807) is 30.5 Å². The Labute approximate surface area is 129 Å². The van der Waals surface area contributed by atoms with Crippen molar-refractivity contribution in [1.82, 2.24) is 0 Å². The van der Waals surface area contributed by atoms with Gasteiger partial charge in [-0.2, -0.15) is 0 Å². The van der Waals surface area contributed by atoms with Crippen LogP contribution in [0, 0.1) is 5.82 Å². The van der Waals surface area contributed by atoms with Crippen LogP contribution in [-0.2, 0) is 4.79 Å². The van der Waals surface area contributed by atoms with Gasteiger partial charge in [-0.15, -0.1) is 23.1 Å². The third-order valence-corrected chi connectivity index (χ3v) is 4.60. The Morgan fingerprint density at radius 2 is 1.95 bits per heavy atom. The van der Waals surface area contributed by atoms with Crippen molar-refractivity contribution >= 4 is 39.9 Å². The summed E-state index contributed by atoms with van der Waals surface area (Å²) in [6.07, 6.45) is 0. The minimum atomic E-state index is -0.578. The van der Waals surface area contributed by atoms with Crippen LogP contribution in [0.1, 0.15) is 17.3 Å². The zero-order valence-corrected chi connectivity index (χ0v) is 12.8. The van der Waals surface area contributed by atoms with E-state index < -0.39 is 11.2 Å². The number of thioether (sulfide) groups is 1. The summed E-state index contributed by atoms with van der Waals surface area (Å²) in [7, 11) is 0. The number of anilines is 1. The van der Waals surface area contributed by atoms with Gasteiger partial charge in [-0.3, -0.25) is 9.59 Å². The molecular weight excluding hydrogens is 311 g/mol. The molecule has 1 aromatic carbocycles. The number of rotatable bonds is 5. The van der Waals surface area contributed by atoms with Crippen LogP contribution in [0.25, 0.3) is 0 Å². The molecular formula is C14H13FN2O2S2. The van der Waals surface area contributed by atoms with Crippen LogP contribution >= 0.6 is 23.1 Å². The fraction of sp³-hybridized carbons (Fsp3) is 0.143. The minimum Gasteiger partial charge on any atom is -0.366 e. The van der Waals surface area contributed by atoms with Crippen molar-refractivity contribution in [3.05, 3.63) is 47.1 Å². The van der Waals surface area contributed by atoms with Gasteiger partial charge >= 0.3 is 0 Å². The molecule has 0 aliphatic rings. The quantitative estimate of drug-likeness (QED) is 0.830. The lowest BCUT2D eigenvalue weighted by Crippen LogP contribution is -2.23. The fourth-order valence-electron chi connectivity index (χ4n) is 1.58. The number of thiophene rings is 1. The molecule has 0 fully saturated rings. The number of halogens is 1. The van der Waals surface area contributed by atoms with Crippen LogP contribution in [0.2, 0.25) is 0 Å². The van der Waals surface area contributed by atoms with Crippen molar-refractivity contribution in [3.8, 4) is 0 Å². The second kappa shape index (κ2) is 6.73. The maximum absolute atomic E-state index is 12.8. The maximum atomic E-state index is 12.8. The minimum absolute atomic E-state index is 0.241. The number of benzene rings is 1. The fourth-order valence-corrected chi connectivity index (χ4v) is 3.25. The highest BCUT2D eigenvalue weighted by molar-refractivity contribution is 8.00. The molecule has 2 amide bonds. The molecule has 2 aromatic rings. The highest BCUT2D eigenvalue weighted by Crippen LogP contribution is 2.27. The summed E-state index contributed by atoms with van der Waals surface area (Å²) in [4.78, 5) is 24.1. The molecule has 0 bridgehead atoms. The molecule has 7 heteroatoms. The Morgan fingerprint density at radius 3 is 2.57 bits per heavy atom. The Bertz CT molecular complexity index is 655. The molecule has 2 rings (SSSR count). The number of carbonyl (C=O) groups excluding carboxylic acids is 2. The van der Waals surface area contributed by atoms with E-state index in [1.807, 2.05) is 0 Å². The van der Waals surface area contributed by atoms with Crippen LogP contribution in [0.3, 0.4) is 0 Å². The third kappa shape index (κ3) is 4.05. The summed E-state index contributed by atoms with van der Waals surface area (Å²) in [5, 5.41) is 4.43. The molecule has 21 heavy (non-hydrogen) atoms. The molecule has 1 unspecified atom stereocenters. The van der Waals surface area contributed by atoms with Crippen molar-refractivity contribution < 1.29 is 14.0 Å². The first-order valence-corrected chi connectivity index (χ1v) is 7.83. The van der Waals surface area contributed by atoms with Crippen LogP contribution in [0.15, 0.2) is 40.6 Å². The van der Waals surface area contributed by atoms with E-state index >= 15 is 0 Å². The van der Waals surface area contributed by atoms with Gasteiger partial charge in [0, 0.05) is 4.90 Å². The SMILES string of the molecule is CC(Sc1ccc(F)cc1)C(=O)Nc1sccc1C(N)=O. The van der Waals surface area contributed by atoms with E-state index in [1.165, 1.54) is 35.2 Å². The summed E-state index contributed by atoms with van der Waals surface area (Å²) in [5.74, 6) is -1.14. The third-order valence-electron chi connectivity index (χ3n) is 2.66. The van der Waals surface area contributed by atoms with Gasteiger partial charge in [0.15, 0.2) is 0 Å². The van der Waals surface area contributed by atoms with E-state index in [0.29, 0.717) is 10.6 Å². The molecule has 3 N–H and O–H groups in total. The maximum Gasteiger partial charge on any atom is 0.251 e. The highest BCUT2D eigenvalue weighted by atomic mass is 32.2. The lowest BCUT2D eigenvalue weighted by atomic mass is 10.3. The number of carbonyl (C=O) groups is 2. The van der Waals surface area contributed by atoms with Crippen molar-refractivity contribution in [2.45, 2.75) is 17.1 Å². The molecule has 0 aliphatic heterocycles. The Morgan fingerprint density at radius 1 is 1.29 bits per heavy atom.